The Kier molecular flexibility index (Phi) is 8.51. The Balaban J connectivity index is 1.39. The number of hydrogen-bond acceptors (Lipinski definition) is 10. The van der Waals surface area contributed by atoms with E-state index in [1.165, 1.54) is 20.5 Å². The van der Waals surface area contributed by atoms with E-state index in [9.17, 15) is 0 Å². The van der Waals surface area contributed by atoms with Crippen LogP contribution in [-0.2, 0) is 0 Å². The number of hydrogen-bond donors (Lipinski definition) is 2. The first-order valence-electron chi connectivity index (χ1n) is 14.0. The highest BCUT2D eigenvalue weighted by Gasteiger charge is 2.23. The van der Waals surface area contributed by atoms with Crippen LogP contribution in [0.1, 0.15) is 0 Å². The Morgan fingerprint density at radius 1 is 0.795 bits per heavy atom. The molecule has 3 heterocycles. The van der Waals surface area contributed by atoms with Gasteiger partial charge in [0.1, 0.15) is 39.5 Å². The Morgan fingerprint density at radius 3 is 2.23 bits per heavy atom. The molecule has 2 aromatic heterocycles. The van der Waals surface area contributed by atoms with Gasteiger partial charge in [0.2, 0.25) is 5.95 Å². The number of para-hydroxylation sites is 3. The Labute approximate surface area is 265 Å². The van der Waals surface area contributed by atoms with Gasteiger partial charge < -0.3 is 34.6 Å². The van der Waals surface area contributed by atoms with E-state index in [1.807, 2.05) is 47.0 Å². The molecular formula is C31H32Cl2N8O3. The van der Waals surface area contributed by atoms with Gasteiger partial charge in [0, 0.05) is 38.3 Å². The van der Waals surface area contributed by atoms with Gasteiger partial charge in [0.15, 0.2) is 5.75 Å². The van der Waals surface area contributed by atoms with Gasteiger partial charge in [-0.2, -0.15) is 0 Å². The van der Waals surface area contributed by atoms with Crippen molar-refractivity contribution in [2.24, 2.45) is 0 Å². The number of halogens is 2. The van der Waals surface area contributed by atoms with Gasteiger partial charge in [-0.25, -0.2) is 15.0 Å². The third kappa shape index (κ3) is 5.61. The number of nitrogens with one attached hydrogen (secondary N) is 2. The smallest absolute Gasteiger partial charge is 0.214 e. The number of methoxy groups -OCH3 is 3. The second-order valence-corrected chi connectivity index (χ2v) is 11.0. The summed E-state index contributed by atoms with van der Waals surface area (Å²) < 4.78 is 18.7. The van der Waals surface area contributed by atoms with Crippen molar-refractivity contribution in [1.82, 2.24) is 24.4 Å². The van der Waals surface area contributed by atoms with Crippen LogP contribution in [-0.4, -0.2) is 79.0 Å². The molecule has 1 saturated heterocycles. The van der Waals surface area contributed by atoms with Crippen LogP contribution in [0.3, 0.4) is 0 Å². The Hall–Kier alpha value is -4.45. The van der Waals surface area contributed by atoms with Crippen LogP contribution in [0.5, 0.6) is 17.2 Å². The van der Waals surface area contributed by atoms with E-state index in [1.54, 1.807) is 13.2 Å². The maximum atomic E-state index is 6.69. The molecule has 0 aliphatic carbocycles. The fourth-order valence-corrected chi connectivity index (χ4v) is 5.85. The lowest BCUT2D eigenvalue weighted by atomic mass is 10.2. The number of rotatable bonds is 9. The van der Waals surface area contributed by atoms with E-state index < -0.39 is 0 Å². The summed E-state index contributed by atoms with van der Waals surface area (Å²) in [6.07, 6.45) is 1.50. The van der Waals surface area contributed by atoms with Crippen molar-refractivity contribution in [2.75, 3.05) is 70.1 Å². The van der Waals surface area contributed by atoms with Gasteiger partial charge in [0.25, 0.3) is 0 Å². The molecule has 228 valence electrons. The summed E-state index contributed by atoms with van der Waals surface area (Å²) in [7, 11) is 6.88. The molecule has 0 bridgehead atoms. The summed E-state index contributed by atoms with van der Waals surface area (Å²) in [6, 6.07) is 17.3. The van der Waals surface area contributed by atoms with Gasteiger partial charge in [-0.15, -0.1) is 0 Å². The summed E-state index contributed by atoms with van der Waals surface area (Å²) in [5.74, 6) is 3.13. The third-order valence-electron chi connectivity index (χ3n) is 7.56. The first kappa shape index (κ1) is 29.6. The third-order valence-corrected chi connectivity index (χ3v) is 8.31. The van der Waals surface area contributed by atoms with Crippen molar-refractivity contribution in [3.63, 3.8) is 0 Å². The molecule has 0 saturated carbocycles. The van der Waals surface area contributed by atoms with Crippen LogP contribution in [0, 0.1) is 0 Å². The molecule has 0 atom stereocenters. The molecule has 13 heteroatoms. The lowest BCUT2D eigenvalue weighted by Crippen LogP contribution is -2.44. The molecule has 2 N–H and O–H groups in total. The highest BCUT2D eigenvalue weighted by Crippen LogP contribution is 2.45. The predicted octanol–water partition coefficient (Wildman–Crippen LogP) is 6.39. The summed E-state index contributed by atoms with van der Waals surface area (Å²) in [6.45, 7) is 3.82. The molecule has 1 aliphatic rings. The first-order chi connectivity index (χ1) is 21.4. The van der Waals surface area contributed by atoms with Crippen LogP contribution in [0.25, 0.3) is 16.9 Å². The number of aromatic nitrogens is 4. The number of ether oxygens (including phenoxy) is 3. The zero-order valence-electron chi connectivity index (χ0n) is 24.8. The zero-order chi connectivity index (χ0) is 30.8. The Morgan fingerprint density at radius 2 is 1.52 bits per heavy atom. The van der Waals surface area contributed by atoms with Crippen molar-refractivity contribution in [2.45, 2.75) is 0 Å². The SMILES string of the molecule is COc1cc(OC)c(Cl)c(Nc2nc3ccccc3n2-c2cc(Nc3cccc(N4CCN(C)CC4)c3OC)ncn2)c1Cl. The lowest BCUT2D eigenvalue weighted by molar-refractivity contribution is 0.311. The molecule has 0 radical (unpaired) electrons. The number of imidazole rings is 1. The van der Waals surface area contributed by atoms with E-state index in [0.717, 1.165) is 54.3 Å². The molecule has 1 fully saturated rings. The van der Waals surface area contributed by atoms with Crippen molar-refractivity contribution in [3.05, 3.63) is 71.0 Å². The minimum atomic E-state index is 0.286. The second-order valence-electron chi connectivity index (χ2n) is 10.2. The van der Waals surface area contributed by atoms with Crippen molar-refractivity contribution in [1.29, 1.82) is 0 Å². The average Bonchev–Trinajstić information content (AvgIpc) is 3.41. The number of benzene rings is 3. The van der Waals surface area contributed by atoms with Crippen LogP contribution in [0.2, 0.25) is 10.0 Å². The van der Waals surface area contributed by atoms with Gasteiger partial charge in [-0.1, -0.05) is 41.4 Å². The molecule has 44 heavy (non-hydrogen) atoms. The van der Waals surface area contributed by atoms with Crippen molar-refractivity contribution < 1.29 is 14.2 Å². The monoisotopic (exact) mass is 634 g/mol. The van der Waals surface area contributed by atoms with Crippen LogP contribution in [0.15, 0.2) is 60.9 Å². The molecule has 5 aromatic rings. The van der Waals surface area contributed by atoms with Gasteiger partial charge in [0.05, 0.1) is 49.4 Å². The molecule has 6 rings (SSSR count). The van der Waals surface area contributed by atoms with Crippen LogP contribution >= 0.6 is 23.2 Å². The summed E-state index contributed by atoms with van der Waals surface area (Å²) >= 11 is 13.4. The second kappa shape index (κ2) is 12.7. The number of piperazine rings is 1. The molecule has 3 aromatic carbocycles. The van der Waals surface area contributed by atoms with Crippen LogP contribution in [0.4, 0.5) is 28.8 Å². The van der Waals surface area contributed by atoms with Gasteiger partial charge in [-0.05, 0) is 31.3 Å². The number of anilines is 5. The normalized spacial score (nSPS) is 13.6. The minimum Gasteiger partial charge on any atom is -0.495 e. The van der Waals surface area contributed by atoms with Crippen molar-refractivity contribution >= 4 is 63.1 Å². The maximum absolute atomic E-state index is 6.69. The van der Waals surface area contributed by atoms with Gasteiger partial charge in [-0.3, -0.25) is 4.57 Å². The minimum absolute atomic E-state index is 0.286. The quantitative estimate of drug-likeness (QED) is 0.190. The van der Waals surface area contributed by atoms with Gasteiger partial charge >= 0.3 is 0 Å². The van der Waals surface area contributed by atoms with Crippen LogP contribution < -0.4 is 29.7 Å². The molecule has 0 spiro atoms. The number of nitrogens with zero attached hydrogens (tertiary/aromatic N) is 6. The Bertz CT molecular complexity index is 1780. The summed E-state index contributed by atoms with van der Waals surface area (Å²) in [5.41, 5.74) is 3.78. The highest BCUT2D eigenvalue weighted by molar-refractivity contribution is 6.41. The largest absolute Gasteiger partial charge is 0.495 e. The molecule has 11 nitrogen and oxygen atoms in total. The van der Waals surface area contributed by atoms with E-state index in [4.69, 9.17) is 42.4 Å². The lowest BCUT2D eigenvalue weighted by Gasteiger charge is -2.35. The summed E-state index contributed by atoms with van der Waals surface area (Å²) in [4.78, 5) is 18.6. The molecule has 0 amide bonds. The van der Waals surface area contributed by atoms with E-state index in [0.29, 0.717) is 34.8 Å². The number of likely N-dealkylation sites (N-methyl/N-ethyl adjacent to an activating group) is 1. The fraction of sp³-hybridized carbons (Fsp3) is 0.258. The predicted molar refractivity (Wildman–Crippen MR) is 175 cm³/mol. The molecular weight excluding hydrogens is 603 g/mol. The molecule has 0 unspecified atom stereocenters. The van der Waals surface area contributed by atoms with E-state index in [-0.39, 0.29) is 10.0 Å². The first-order valence-corrected chi connectivity index (χ1v) is 14.7. The van der Waals surface area contributed by atoms with E-state index >= 15 is 0 Å². The summed E-state index contributed by atoms with van der Waals surface area (Å²) in [5, 5.41) is 7.31. The number of fused-ring (bicyclic) bond motifs is 1. The standard InChI is InChI=1S/C31H32Cl2N8O3/c1-39-12-14-40(15-13-39)22-11-7-9-20(30(22)44-4)36-25-17-26(35-18-34-25)41-21-10-6-5-8-19(21)37-31(41)38-29-27(32)23(42-2)16-24(43-3)28(29)33/h5-11,16-18H,12-15H2,1-4H3,(H,37,38)(H,34,35,36). The highest BCUT2D eigenvalue weighted by atomic mass is 35.5. The topological polar surface area (TPSA) is 102 Å². The van der Waals surface area contributed by atoms with Crippen molar-refractivity contribution in [3.8, 4) is 23.1 Å². The van der Waals surface area contributed by atoms with E-state index in [2.05, 4.69) is 43.5 Å². The fourth-order valence-electron chi connectivity index (χ4n) is 5.26. The zero-order valence-corrected chi connectivity index (χ0v) is 26.3. The average molecular weight is 636 g/mol. The molecule has 1 aliphatic heterocycles. The maximum Gasteiger partial charge on any atom is 0.214 e.